The van der Waals surface area contributed by atoms with E-state index >= 15 is 0 Å². The Morgan fingerprint density at radius 1 is 1.27 bits per heavy atom. The Balaban J connectivity index is 2.88. The molecule has 0 aliphatic carbocycles. The molecule has 1 unspecified atom stereocenters. The number of aryl methyl sites for hydroxylation is 1. The van der Waals surface area contributed by atoms with Crippen LogP contribution in [0.25, 0.3) is 0 Å². The van der Waals surface area contributed by atoms with Crippen molar-refractivity contribution >= 4 is 5.97 Å². The van der Waals surface area contributed by atoms with Crippen LogP contribution >= 0.6 is 0 Å². The first kappa shape index (κ1) is 11.8. The molecule has 0 amide bonds. The number of carbonyl (C=O) groups is 1. The van der Waals surface area contributed by atoms with E-state index in [1.807, 2.05) is 31.2 Å². The van der Waals surface area contributed by atoms with Crippen molar-refractivity contribution in [2.45, 2.75) is 33.1 Å². The van der Waals surface area contributed by atoms with Crippen molar-refractivity contribution in [2.75, 3.05) is 0 Å². The summed E-state index contributed by atoms with van der Waals surface area (Å²) in [6.07, 6.45) is 0.209. The second-order valence-electron chi connectivity index (χ2n) is 4.36. The number of benzene rings is 1. The van der Waals surface area contributed by atoms with Gasteiger partial charge in [-0.3, -0.25) is 4.79 Å². The summed E-state index contributed by atoms with van der Waals surface area (Å²) in [5.74, 6) is -0.263. The van der Waals surface area contributed by atoms with E-state index in [2.05, 4.69) is 13.8 Å². The molecule has 0 aromatic heterocycles. The van der Waals surface area contributed by atoms with Crippen molar-refractivity contribution < 1.29 is 9.90 Å². The minimum absolute atomic E-state index is 0.114. The Kier molecular flexibility index (Phi) is 3.89. The molecule has 15 heavy (non-hydrogen) atoms. The third-order valence-corrected chi connectivity index (χ3v) is 2.70. The van der Waals surface area contributed by atoms with Gasteiger partial charge in [0.05, 0.1) is 6.42 Å². The largest absolute Gasteiger partial charge is 0.481 e. The lowest BCUT2D eigenvalue weighted by atomic mass is 9.85. The van der Waals surface area contributed by atoms with Gasteiger partial charge in [-0.2, -0.15) is 0 Å². The number of carboxylic acids is 1. The van der Waals surface area contributed by atoms with E-state index in [0.717, 1.165) is 5.56 Å². The van der Waals surface area contributed by atoms with Crippen LogP contribution in [-0.2, 0) is 4.79 Å². The summed E-state index contributed by atoms with van der Waals surface area (Å²) in [6.45, 7) is 6.16. The predicted octanol–water partition coefficient (Wildman–Crippen LogP) is 3.21. The van der Waals surface area contributed by atoms with E-state index in [9.17, 15) is 4.79 Å². The Morgan fingerprint density at radius 2 is 1.80 bits per heavy atom. The van der Waals surface area contributed by atoms with Crippen LogP contribution in [0.1, 0.15) is 37.3 Å². The highest BCUT2D eigenvalue weighted by molar-refractivity contribution is 5.68. The molecule has 82 valence electrons. The van der Waals surface area contributed by atoms with Gasteiger partial charge in [-0.1, -0.05) is 43.7 Å². The molecule has 1 aromatic rings. The van der Waals surface area contributed by atoms with Crippen LogP contribution in [0.2, 0.25) is 0 Å². The third kappa shape index (κ3) is 3.39. The predicted molar refractivity (Wildman–Crippen MR) is 61.0 cm³/mol. The van der Waals surface area contributed by atoms with Crippen LogP contribution in [0.4, 0.5) is 0 Å². The molecule has 0 spiro atoms. The zero-order valence-electron chi connectivity index (χ0n) is 9.53. The summed E-state index contributed by atoms with van der Waals surface area (Å²) in [5, 5.41) is 8.85. The number of hydrogen-bond acceptors (Lipinski definition) is 1. The maximum atomic E-state index is 10.8. The summed E-state index contributed by atoms with van der Waals surface area (Å²) in [7, 11) is 0. The topological polar surface area (TPSA) is 37.3 Å². The molecule has 2 heteroatoms. The Morgan fingerprint density at radius 3 is 2.20 bits per heavy atom. The summed E-state index contributed by atoms with van der Waals surface area (Å²) >= 11 is 0. The van der Waals surface area contributed by atoms with Gasteiger partial charge in [0.15, 0.2) is 0 Å². The van der Waals surface area contributed by atoms with Crippen molar-refractivity contribution in [2.24, 2.45) is 5.92 Å². The SMILES string of the molecule is Cc1ccc(C(CC(=O)O)C(C)C)cc1. The molecule has 0 aliphatic heterocycles. The number of hydrogen-bond donors (Lipinski definition) is 1. The average Bonchev–Trinajstić information content (AvgIpc) is 2.15. The standard InChI is InChI=1S/C13H18O2/c1-9(2)12(8-13(14)15)11-6-4-10(3)5-7-11/h4-7,9,12H,8H2,1-3H3,(H,14,15). The molecule has 0 saturated heterocycles. The summed E-state index contributed by atoms with van der Waals surface area (Å²) < 4.78 is 0. The molecule has 1 aromatic carbocycles. The van der Waals surface area contributed by atoms with E-state index in [0.29, 0.717) is 5.92 Å². The first-order valence-corrected chi connectivity index (χ1v) is 5.29. The molecule has 0 aliphatic rings. The molecular formula is C13H18O2. The average molecular weight is 206 g/mol. The van der Waals surface area contributed by atoms with Crippen molar-refractivity contribution in [3.63, 3.8) is 0 Å². The van der Waals surface area contributed by atoms with Gasteiger partial charge in [0.1, 0.15) is 0 Å². The second kappa shape index (κ2) is 4.96. The molecule has 0 heterocycles. The minimum atomic E-state index is -0.728. The highest BCUT2D eigenvalue weighted by Crippen LogP contribution is 2.27. The summed E-state index contributed by atoms with van der Waals surface area (Å²) in [4.78, 5) is 10.8. The summed E-state index contributed by atoms with van der Waals surface area (Å²) in [5.41, 5.74) is 2.33. The Bertz CT molecular complexity index is 325. The highest BCUT2D eigenvalue weighted by atomic mass is 16.4. The fraction of sp³-hybridized carbons (Fsp3) is 0.462. The second-order valence-corrected chi connectivity index (χ2v) is 4.36. The smallest absolute Gasteiger partial charge is 0.303 e. The molecule has 0 radical (unpaired) electrons. The fourth-order valence-corrected chi connectivity index (χ4v) is 1.74. The van der Waals surface area contributed by atoms with Gasteiger partial charge in [-0.25, -0.2) is 0 Å². The van der Waals surface area contributed by atoms with Crippen LogP contribution in [-0.4, -0.2) is 11.1 Å². The first-order chi connectivity index (χ1) is 7.00. The lowest BCUT2D eigenvalue weighted by molar-refractivity contribution is -0.137. The monoisotopic (exact) mass is 206 g/mol. The van der Waals surface area contributed by atoms with E-state index in [1.54, 1.807) is 0 Å². The molecule has 1 rings (SSSR count). The van der Waals surface area contributed by atoms with Crippen molar-refractivity contribution in [1.29, 1.82) is 0 Å². The van der Waals surface area contributed by atoms with Gasteiger partial charge in [0, 0.05) is 0 Å². The van der Waals surface area contributed by atoms with Gasteiger partial charge < -0.3 is 5.11 Å². The van der Waals surface area contributed by atoms with E-state index in [4.69, 9.17) is 5.11 Å². The molecular weight excluding hydrogens is 188 g/mol. The normalized spacial score (nSPS) is 12.8. The van der Waals surface area contributed by atoms with Crippen molar-refractivity contribution in [1.82, 2.24) is 0 Å². The van der Waals surface area contributed by atoms with Crippen LogP contribution in [0, 0.1) is 12.8 Å². The van der Waals surface area contributed by atoms with E-state index in [-0.39, 0.29) is 12.3 Å². The number of aliphatic carboxylic acids is 1. The molecule has 1 atom stereocenters. The lowest BCUT2D eigenvalue weighted by Crippen LogP contribution is -2.12. The Hall–Kier alpha value is -1.31. The third-order valence-electron chi connectivity index (χ3n) is 2.70. The zero-order valence-corrected chi connectivity index (χ0v) is 9.53. The van der Waals surface area contributed by atoms with Gasteiger partial charge in [-0.15, -0.1) is 0 Å². The summed E-state index contributed by atoms with van der Waals surface area (Å²) in [6, 6.07) is 8.13. The van der Waals surface area contributed by atoms with E-state index in [1.165, 1.54) is 5.56 Å². The number of rotatable bonds is 4. The quantitative estimate of drug-likeness (QED) is 0.821. The van der Waals surface area contributed by atoms with Crippen LogP contribution in [0.15, 0.2) is 24.3 Å². The first-order valence-electron chi connectivity index (χ1n) is 5.29. The van der Waals surface area contributed by atoms with Crippen molar-refractivity contribution in [3.8, 4) is 0 Å². The minimum Gasteiger partial charge on any atom is -0.481 e. The van der Waals surface area contributed by atoms with E-state index < -0.39 is 5.97 Å². The van der Waals surface area contributed by atoms with Crippen molar-refractivity contribution in [3.05, 3.63) is 35.4 Å². The van der Waals surface area contributed by atoms with Crippen LogP contribution in [0.5, 0.6) is 0 Å². The molecule has 0 bridgehead atoms. The maximum absolute atomic E-state index is 10.8. The molecule has 2 nitrogen and oxygen atoms in total. The van der Waals surface area contributed by atoms with Crippen LogP contribution < -0.4 is 0 Å². The lowest BCUT2D eigenvalue weighted by Gasteiger charge is -2.19. The van der Waals surface area contributed by atoms with Gasteiger partial charge in [0.25, 0.3) is 0 Å². The number of carboxylic acid groups (broad SMARTS) is 1. The van der Waals surface area contributed by atoms with Crippen LogP contribution in [0.3, 0.4) is 0 Å². The molecule has 0 fully saturated rings. The molecule has 1 N–H and O–H groups in total. The van der Waals surface area contributed by atoms with Gasteiger partial charge in [-0.05, 0) is 24.3 Å². The fourth-order valence-electron chi connectivity index (χ4n) is 1.74. The highest BCUT2D eigenvalue weighted by Gasteiger charge is 2.18. The maximum Gasteiger partial charge on any atom is 0.303 e. The molecule has 0 saturated carbocycles. The van der Waals surface area contributed by atoms with Gasteiger partial charge in [0.2, 0.25) is 0 Å². The Labute approximate surface area is 90.9 Å². The zero-order chi connectivity index (χ0) is 11.4. The van der Waals surface area contributed by atoms with Gasteiger partial charge >= 0.3 is 5.97 Å².